The molecule has 8 nitrogen and oxygen atoms in total. The lowest BCUT2D eigenvalue weighted by Gasteiger charge is -2.12. The van der Waals surface area contributed by atoms with Gasteiger partial charge in [-0.1, -0.05) is 23.9 Å². The Bertz CT molecular complexity index is 1170. The third-order valence-corrected chi connectivity index (χ3v) is 5.13. The molecule has 27 heavy (non-hydrogen) atoms. The second-order valence-electron chi connectivity index (χ2n) is 5.98. The van der Waals surface area contributed by atoms with Crippen molar-refractivity contribution in [1.29, 1.82) is 0 Å². The Hall–Kier alpha value is -2.94. The topological polar surface area (TPSA) is 96.1 Å². The second kappa shape index (κ2) is 7.36. The summed E-state index contributed by atoms with van der Waals surface area (Å²) < 4.78 is 7.55. The van der Waals surface area contributed by atoms with E-state index in [1.54, 1.807) is 32.4 Å². The van der Waals surface area contributed by atoms with E-state index >= 15 is 0 Å². The van der Waals surface area contributed by atoms with Gasteiger partial charge in [0, 0.05) is 19.7 Å². The van der Waals surface area contributed by atoms with Crippen LogP contribution in [0.15, 0.2) is 38.9 Å². The molecule has 0 saturated heterocycles. The number of thioether (sulfide) groups is 1. The van der Waals surface area contributed by atoms with Crippen molar-refractivity contribution in [3.05, 3.63) is 45.1 Å². The number of hydrogen-bond acceptors (Lipinski definition) is 7. The molecular weight excluding hydrogens is 368 g/mol. The molecule has 0 radical (unpaired) electrons. The minimum Gasteiger partial charge on any atom is -0.497 e. The van der Waals surface area contributed by atoms with Gasteiger partial charge in [-0.3, -0.25) is 18.7 Å². The van der Waals surface area contributed by atoms with E-state index in [9.17, 15) is 14.4 Å². The number of benzene rings is 1. The van der Waals surface area contributed by atoms with E-state index in [4.69, 9.17) is 4.74 Å². The van der Waals surface area contributed by atoms with Crippen molar-refractivity contribution in [2.45, 2.75) is 11.9 Å². The van der Waals surface area contributed by atoms with Crippen LogP contribution in [0.1, 0.15) is 6.92 Å². The van der Waals surface area contributed by atoms with Gasteiger partial charge in [0.1, 0.15) is 21.9 Å². The van der Waals surface area contributed by atoms with Crippen LogP contribution < -0.4 is 16.0 Å². The quantitative estimate of drug-likeness (QED) is 0.483. The number of Topliss-reactive ketones (excluding diaryl/α,β-unsaturated/α-hetero) is 1. The van der Waals surface area contributed by atoms with Crippen LogP contribution in [-0.2, 0) is 18.9 Å². The minimum atomic E-state index is -0.489. The summed E-state index contributed by atoms with van der Waals surface area (Å²) in [6.45, 7) is 1.47. The zero-order chi connectivity index (χ0) is 19.7. The first-order valence-electron chi connectivity index (χ1n) is 8.08. The monoisotopic (exact) mass is 386 g/mol. The number of ether oxygens (including phenoxy) is 1. The molecule has 0 saturated carbocycles. The highest BCUT2D eigenvalue weighted by Crippen LogP contribution is 2.27. The molecule has 0 aliphatic rings. The average Bonchev–Trinajstić information content (AvgIpc) is 2.68. The summed E-state index contributed by atoms with van der Waals surface area (Å²) in [6.07, 6.45) is 0. The van der Waals surface area contributed by atoms with Crippen LogP contribution in [0.5, 0.6) is 5.75 Å². The molecule has 0 unspecified atom stereocenters. The van der Waals surface area contributed by atoms with Gasteiger partial charge in [0.05, 0.1) is 12.9 Å². The molecule has 1 aromatic carbocycles. The smallest absolute Gasteiger partial charge is 0.332 e. The van der Waals surface area contributed by atoms with E-state index in [-0.39, 0.29) is 22.6 Å². The molecule has 0 aliphatic heterocycles. The van der Waals surface area contributed by atoms with Crippen LogP contribution >= 0.6 is 11.8 Å². The molecule has 3 rings (SSSR count). The molecule has 0 aliphatic carbocycles. The third kappa shape index (κ3) is 3.50. The van der Waals surface area contributed by atoms with E-state index in [1.807, 2.05) is 6.07 Å². The Kier molecular flexibility index (Phi) is 5.13. The summed E-state index contributed by atoms with van der Waals surface area (Å²) in [6, 6.07) is 7.16. The highest BCUT2D eigenvalue weighted by molar-refractivity contribution is 8.00. The van der Waals surface area contributed by atoms with Gasteiger partial charge < -0.3 is 4.74 Å². The lowest BCUT2D eigenvalue weighted by molar-refractivity contribution is -0.114. The SMILES string of the molecule is COc1cccc(-c2nc(SCC(C)=O)c3c(=O)n(C)c(=O)n(C)c3n2)c1. The van der Waals surface area contributed by atoms with E-state index < -0.39 is 11.2 Å². The van der Waals surface area contributed by atoms with Crippen molar-refractivity contribution in [3.63, 3.8) is 0 Å². The first-order chi connectivity index (χ1) is 12.8. The molecule has 0 spiro atoms. The second-order valence-corrected chi connectivity index (χ2v) is 6.94. The Morgan fingerprint density at radius 1 is 1.19 bits per heavy atom. The molecule has 0 atom stereocenters. The fraction of sp³-hybridized carbons (Fsp3) is 0.278. The molecule has 0 bridgehead atoms. The predicted molar refractivity (Wildman–Crippen MR) is 103 cm³/mol. The summed E-state index contributed by atoms with van der Waals surface area (Å²) >= 11 is 1.15. The number of aryl methyl sites for hydroxylation is 1. The van der Waals surface area contributed by atoms with Crippen molar-refractivity contribution in [3.8, 4) is 17.1 Å². The summed E-state index contributed by atoms with van der Waals surface area (Å²) in [5.41, 5.74) is -0.0716. The van der Waals surface area contributed by atoms with E-state index in [1.165, 1.54) is 18.5 Å². The highest BCUT2D eigenvalue weighted by atomic mass is 32.2. The van der Waals surface area contributed by atoms with E-state index in [2.05, 4.69) is 9.97 Å². The van der Waals surface area contributed by atoms with Crippen LogP contribution in [0.4, 0.5) is 0 Å². The standard InChI is InChI=1S/C18H18N4O4S/c1-10(23)9-27-16-13-15(21(2)18(25)22(3)17(13)24)19-14(20-16)11-6-5-7-12(8-11)26-4/h5-8H,9H2,1-4H3. The Morgan fingerprint density at radius 2 is 1.93 bits per heavy atom. The fourth-order valence-electron chi connectivity index (χ4n) is 2.59. The maximum Gasteiger partial charge on any atom is 0.332 e. The van der Waals surface area contributed by atoms with Gasteiger partial charge in [-0.2, -0.15) is 0 Å². The number of aromatic nitrogens is 4. The van der Waals surface area contributed by atoms with Crippen LogP contribution in [-0.4, -0.2) is 37.7 Å². The van der Waals surface area contributed by atoms with Crippen molar-refractivity contribution in [1.82, 2.24) is 19.1 Å². The van der Waals surface area contributed by atoms with Crippen molar-refractivity contribution < 1.29 is 9.53 Å². The van der Waals surface area contributed by atoms with Crippen LogP contribution in [0.3, 0.4) is 0 Å². The predicted octanol–water partition coefficient (Wildman–Crippen LogP) is 1.38. The number of ketones is 1. The molecule has 0 N–H and O–H groups in total. The first kappa shape index (κ1) is 18.8. The Balaban J connectivity index is 2.35. The maximum absolute atomic E-state index is 12.7. The highest BCUT2D eigenvalue weighted by Gasteiger charge is 2.18. The number of methoxy groups -OCH3 is 1. The number of carbonyl (C=O) groups excluding carboxylic acids is 1. The molecule has 3 aromatic rings. The van der Waals surface area contributed by atoms with Gasteiger partial charge in [0.25, 0.3) is 5.56 Å². The molecule has 2 heterocycles. The summed E-state index contributed by atoms with van der Waals surface area (Å²) in [7, 11) is 4.51. The maximum atomic E-state index is 12.7. The van der Waals surface area contributed by atoms with Crippen LogP contribution in [0.2, 0.25) is 0 Å². The Morgan fingerprint density at radius 3 is 2.59 bits per heavy atom. The molecule has 0 fully saturated rings. The van der Waals surface area contributed by atoms with Gasteiger partial charge in [-0.05, 0) is 19.1 Å². The molecule has 9 heteroatoms. The molecule has 0 amide bonds. The van der Waals surface area contributed by atoms with E-state index in [0.717, 1.165) is 16.3 Å². The van der Waals surface area contributed by atoms with Gasteiger partial charge in [-0.25, -0.2) is 14.8 Å². The zero-order valence-corrected chi connectivity index (χ0v) is 16.2. The lowest BCUT2D eigenvalue weighted by Crippen LogP contribution is -2.37. The first-order valence-corrected chi connectivity index (χ1v) is 9.06. The van der Waals surface area contributed by atoms with Gasteiger partial charge in [0.2, 0.25) is 0 Å². The lowest BCUT2D eigenvalue weighted by atomic mass is 10.2. The summed E-state index contributed by atoms with van der Waals surface area (Å²) in [4.78, 5) is 45.4. The van der Waals surface area contributed by atoms with Crippen molar-refractivity contribution in [2.75, 3.05) is 12.9 Å². The number of nitrogens with zero attached hydrogens (tertiary/aromatic N) is 4. The van der Waals surface area contributed by atoms with Crippen molar-refractivity contribution in [2.24, 2.45) is 14.1 Å². The van der Waals surface area contributed by atoms with Gasteiger partial charge in [-0.15, -0.1) is 0 Å². The largest absolute Gasteiger partial charge is 0.497 e. The zero-order valence-electron chi connectivity index (χ0n) is 15.3. The number of carbonyl (C=O) groups is 1. The van der Waals surface area contributed by atoms with Crippen LogP contribution in [0, 0.1) is 0 Å². The molecule has 2 aromatic heterocycles. The minimum absolute atomic E-state index is 0.0451. The van der Waals surface area contributed by atoms with Crippen LogP contribution in [0.25, 0.3) is 22.4 Å². The fourth-order valence-corrected chi connectivity index (χ4v) is 3.41. The summed E-state index contributed by atoms with van der Waals surface area (Å²) in [5.74, 6) is 1.09. The van der Waals surface area contributed by atoms with Gasteiger partial charge in [0.15, 0.2) is 11.5 Å². The molecular formula is C18H18N4O4S. The normalized spacial score (nSPS) is 11.0. The number of fused-ring (bicyclic) bond motifs is 1. The average molecular weight is 386 g/mol. The van der Waals surface area contributed by atoms with Gasteiger partial charge >= 0.3 is 5.69 Å². The Labute approximate surface area is 158 Å². The number of hydrogen-bond donors (Lipinski definition) is 0. The van der Waals surface area contributed by atoms with Crippen molar-refractivity contribution >= 4 is 28.6 Å². The third-order valence-electron chi connectivity index (χ3n) is 4.01. The molecule has 140 valence electrons. The number of rotatable bonds is 5. The summed E-state index contributed by atoms with van der Waals surface area (Å²) in [5, 5.41) is 0.585. The van der Waals surface area contributed by atoms with E-state index in [0.29, 0.717) is 22.2 Å².